The molecule has 0 aromatic heterocycles. The predicted molar refractivity (Wildman–Crippen MR) is 94.6 cm³/mol. The van der Waals surface area contributed by atoms with Crippen molar-refractivity contribution in [2.24, 2.45) is 0 Å². The lowest BCUT2D eigenvalue weighted by Gasteiger charge is -2.56. The predicted octanol–water partition coefficient (Wildman–Crippen LogP) is 1.37. The Bertz CT molecular complexity index is 602. The number of rotatable bonds is 5. The van der Waals surface area contributed by atoms with Gasteiger partial charge >= 0.3 is 0 Å². The molecule has 0 radical (unpaired) electrons. The van der Waals surface area contributed by atoms with Crippen molar-refractivity contribution in [1.82, 2.24) is 0 Å². The molecule has 2 fully saturated rings. The van der Waals surface area contributed by atoms with Gasteiger partial charge in [-0.1, -0.05) is 30.0 Å². The van der Waals surface area contributed by atoms with Crippen LogP contribution in [0.1, 0.15) is 13.8 Å². The molecule has 0 saturated carbocycles. The quantitative estimate of drug-likeness (QED) is 0.785. The number of hydrogen-bond acceptors (Lipinski definition) is 8. The van der Waals surface area contributed by atoms with Gasteiger partial charge in [0.15, 0.2) is 0 Å². The second-order valence-corrected chi connectivity index (χ2v) is 7.78. The van der Waals surface area contributed by atoms with Crippen LogP contribution in [0.3, 0.4) is 0 Å². The average molecular weight is 386 g/mol. The van der Waals surface area contributed by atoms with Crippen LogP contribution in [0.5, 0.6) is 0 Å². The van der Waals surface area contributed by atoms with Gasteiger partial charge in [0, 0.05) is 19.1 Å². The fraction of sp³-hybridized carbons (Fsp3) is 0.667. The molecular weight excluding hydrogens is 360 g/mol. The summed E-state index contributed by atoms with van der Waals surface area (Å²) in [6.07, 6.45) is -3.20. The highest BCUT2D eigenvalue weighted by Gasteiger charge is 2.62. The molecule has 2 saturated heterocycles. The second kappa shape index (κ2) is 7.73. The number of thioether (sulfide) groups is 1. The first-order valence-corrected chi connectivity index (χ1v) is 9.37. The maximum atomic E-state index is 10.6. The van der Waals surface area contributed by atoms with E-state index in [1.165, 1.54) is 26.0 Å². The summed E-state index contributed by atoms with van der Waals surface area (Å²) in [5.41, 5.74) is -0.501. The Morgan fingerprint density at radius 1 is 1.04 bits per heavy atom. The SMILES string of the molecule is CO[C@]1(C)O[C@@H]2[C@@H](O[C@@]1(C)OC)[C@H](O)[C@@H](CO)O[C@H]2Sc1ccccc1. The van der Waals surface area contributed by atoms with Gasteiger partial charge < -0.3 is 33.9 Å². The summed E-state index contributed by atoms with van der Waals surface area (Å²) in [7, 11) is 3.00. The molecule has 2 heterocycles. The molecule has 0 bridgehead atoms. The van der Waals surface area contributed by atoms with E-state index in [1.54, 1.807) is 13.8 Å². The molecule has 1 aromatic rings. The fourth-order valence-corrected chi connectivity index (χ4v) is 4.36. The number of hydrogen-bond donors (Lipinski definition) is 2. The van der Waals surface area contributed by atoms with E-state index < -0.39 is 41.4 Å². The first-order chi connectivity index (χ1) is 12.4. The third kappa shape index (κ3) is 3.41. The summed E-state index contributed by atoms with van der Waals surface area (Å²) >= 11 is 1.44. The zero-order valence-corrected chi connectivity index (χ0v) is 16.1. The molecule has 3 rings (SSSR count). The first kappa shape index (κ1) is 20.0. The lowest BCUT2D eigenvalue weighted by atomic mass is 9.95. The van der Waals surface area contributed by atoms with E-state index >= 15 is 0 Å². The van der Waals surface area contributed by atoms with E-state index in [4.69, 9.17) is 23.7 Å². The van der Waals surface area contributed by atoms with Crippen LogP contribution >= 0.6 is 11.8 Å². The van der Waals surface area contributed by atoms with Crippen molar-refractivity contribution in [3.05, 3.63) is 30.3 Å². The molecule has 8 heteroatoms. The van der Waals surface area contributed by atoms with E-state index in [0.29, 0.717) is 0 Å². The Kier molecular flexibility index (Phi) is 5.96. The monoisotopic (exact) mass is 386 g/mol. The lowest BCUT2D eigenvalue weighted by Crippen LogP contribution is -2.72. The molecule has 1 aromatic carbocycles. The minimum absolute atomic E-state index is 0.329. The van der Waals surface area contributed by atoms with Gasteiger partial charge in [-0.15, -0.1) is 0 Å². The summed E-state index contributed by atoms with van der Waals surface area (Å²) in [5, 5.41) is 20.2. The van der Waals surface area contributed by atoms with Gasteiger partial charge in [0.05, 0.1) is 6.61 Å². The molecule has 26 heavy (non-hydrogen) atoms. The van der Waals surface area contributed by atoms with Gasteiger partial charge in [-0.25, -0.2) is 0 Å². The minimum Gasteiger partial charge on any atom is -0.394 e. The van der Waals surface area contributed by atoms with Crippen LogP contribution in [0.25, 0.3) is 0 Å². The largest absolute Gasteiger partial charge is 0.394 e. The minimum atomic E-state index is -1.23. The first-order valence-electron chi connectivity index (χ1n) is 8.49. The zero-order chi connectivity index (χ0) is 18.9. The normalized spacial score (nSPS) is 43.1. The van der Waals surface area contributed by atoms with Crippen molar-refractivity contribution in [1.29, 1.82) is 0 Å². The van der Waals surface area contributed by atoms with E-state index in [2.05, 4.69) is 0 Å². The fourth-order valence-electron chi connectivity index (χ4n) is 3.23. The summed E-state index contributed by atoms with van der Waals surface area (Å²) in [6, 6.07) is 9.71. The third-order valence-corrected chi connectivity index (χ3v) is 6.28. The molecule has 7 atom stereocenters. The highest BCUT2D eigenvalue weighted by molar-refractivity contribution is 7.99. The summed E-state index contributed by atoms with van der Waals surface area (Å²) in [5.74, 6) is -2.43. The van der Waals surface area contributed by atoms with Gasteiger partial charge in [-0.05, 0) is 26.0 Å². The van der Waals surface area contributed by atoms with Crippen molar-refractivity contribution < 1.29 is 33.9 Å². The standard InChI is InChI=1S/C18H26O7S/c1-17(21-3)18(2,22-4)25-15-14(24-17)13(20)12(10-19)23-16(15)26-11-8-6-5-7-9-11/h5-9,12-16,19-20H,10H2,1-4H3/t12-,13-,14+,15-,16+,17-,18-/m1/s1. The van der Waals surface area contributed by atoms with Crippen LogP contribution < -0.4 is 0 Å². The van der Waals surface area contributed by atoms with Crippen LogP contribution in [0, 0.1) is 0 Å². The summed E-state index contributed by atoms with van der Waals surface area (Å²) in [6.45, 7) is 3.09. The molecule has 2 N–H and O–H groups in total. The van der Waals surface area contributed by atoms with Crippen molar-refractivity contribution in [2.45, 2.75) is 60.2 Å². The Morgan fingerprint density at radius 3 is 2.15 bits per heavy atom. The van der Waals surface area contributed by atoms with E-state index in [9.17, 15) is 10.2 Å². The molecule has 0 unspecified atom stereocenters. The Hall–Kier alpha value is -0.710. The Labute approximate surface area is 157 Å². The lowest BCUT2D eigenvalue weighted by molar-refractivity contribution is -0.467. The number of ether oxygens (including phenoxy) is 5. The van der Waals surface area contributed by atoms with E-state index in [-0.39, 0.29) is 6.61 Å². The van der Waals surface area contributed by atoms with Crippen molar-refractivity contribution in [3.63, 3.8) is 0 Å². The van der Waals surface area contributed by atoms with Crippen molar-refractivity contribution >= 4 is 11.8 Å². The zero-order valence-electron chi connectivity index (χ0n) is 15.3. The van der Waals surface area contributed by atoms with Gasteiger partial charge in [0.1, 0.15) is 29.9 Å². The number of methoxy groups -OCH3 is 2. The van der Waals surface area contributed by atoms with E-state index in [1.807, 2.05) is 30.3 Å². The Balaban J connectivity index is 1.92. The summed E-state index contributed by atoms with van der Waals surface area (Å²) < 4.78 is 29.3. The number of aliphatic hydroxyl groups is 2. The van der Waals surface area contributed by atoms with Crippen LogP contribution in [-0.2, 0) is 23.7 Å². The highest BCUT2D eigenvalue weighted by Crippen LogP contribution is 2.46. The maximum Gasteiger partial charge on any atom is 0.220 e. The van der Waals surface area contributed by atoms with Crippen LogP contribution in [0.15, 0.2) is 35.2 Å². The molecule has 146 valence electrons. The topological polar surface area (TPSA) is 86.6 Å². The van der Waals surface area contributed by atoms with Crippen LogP contribution in [0.4, 0.5) is 0 Å². The number of fused-ring (bicyclic) bond motifs is 1. The number of aliphatic hydroxyl groups excluding tert-OH is 2. The molecular formula is C18H26O7S. The van der Waals surface area contributed by atoms with Crippen LogP contribution in [0.2, 0.25) is 0 Å². The van der Waals surface area contributed by atoms with Crippen molar-refractivity contribution in [2.75, 3.05) is 20.8 Å². The average Bonchev–Trinajstić information content (AvgIpc) is 2.66. The van der Waals surface area contributed by atoms with Gasteiger partial charge in [-0.3, -0.25) is 0 Å². The second-order valence-electron chi connectivity index (χ2n) is 6.61. The third-order valence-electron chi connectivity index (χ3n) is 5.12. The van der Waals surface area contributed by atoms with Crippen LogP contribution in [-0.4, -0.2) is 72.5 Å². The molecule has 0 amide bonds. The van der Waals surface area contributed by atoms with Gasteiger partial charge in [-0.2, -0.15) is 0 Å². The Morgan fingerprint density at radius 2 is 1.62 bits per heavy atom. The number of benzene rings is 1. The van der Waals surface area contributed by atoms with Gasteiger partial charge in [0.25, 0.3) is 0 Å². The molecule has 0 aliphatic carbocycles. The molecule has 2 aliphatic heterocycles. The molecule has 0 spiro atoms. The highest BCUT2D eigenvalue weighted by atomic mass is 32.2. The van der Waals surface area contributed by atoms with E-state index in [0.717, 1.165) is 4.90 Å². The maximum absolute atomic E-state index is 10.6. The smallest absolute Gasteiger partial charge is 0.220 e. The molecule has 7 nitrogen and oxygen atoms in total. The van der Waals surface area contributed by atoms with Crippen molar-refractivity contribution in [3.8, 4) is 0 Å². The summed E-state index contributed by atoms with van der Waals surface area (Å²) in [4.78, 5) is 0.979. The van der Waals surface area contributed by atoms with Gasteiger partial charge in [0.2, 0.25) is 11.6 Å². The molecule has 2 aliphatic rings.